The summed E-state index contributed by atoms with van der Waals surface area (Å²) in [5.41, 5.74) is 9.34. The molecule has 4 rings (SSSR count). The van der Waals surface area contributed by atoms with E-state index in [2.05, 4.69) is 10.1 Å². The number of hydrogen-bond acceptors (Lipinski definition) is 6. The number of aryl methyl sites for hydroxylation is 1. The molecule has 0 saturated heterocycles. The summed E-state index contributed by atoms with van der Waals surface area (Å²) in [5.74, 6) is 0.720. The largest absolute Gasteiger partial charge is 0.483 e. The molecule has 0 aliphatic heterocycles. The summed E-state index contributed by atoms with van der Waals surface area (Å²) in [6, 6.07) is 16.7. The van der Waals surface area contributed by atoms with Gasteiger partial charge in [-0.1, -0.05) is 35.5 Å². The zero-order valence-corrected chi connectivity index (χ0v) is 18.0. The molecule has 0 aliphatic rings. The predicted octanol–water partition coefficient (Wildman–Crippen LogP) is 4.71. The third kappa shape index (κ3) is 3.80. The molecule has 0 bridgehead atoms. The van der Waals surface area contributed by atoms with Crippen molar-refractivity contribution in [1.82, 2.24) is 4.98 Å². The average molecular weight is 429 g/mol. The lowest BCUT2D eigenvalue weighted by Crippen LogP contribution is -2.17. The highest BCUT2D eigenvalue weighted by molar-refractivity contribution is 5.97. The lowest BCUT2D eigenvalue weighted by atomic mass is 10.00. The minimum absolute atomic E-state index is 0.0824. The van der Waals surface area contributed by atoms with E-state index in [1.54, 1.807) is 19.1 Å². The Kier molecular flexibility index (Phi) is 5.64. The minimum atomic E-state index is -0.513. The van der Waals surface area contributed by atoms with E-state index < -0.39 is 6.10 Å². The molecule has 7 nitrogen and oxygen atoms in total. The van der Waals surface area contributed by atoms with Crippen molar-refractivity contribution < 1.29 is 14.4 Å². The number of benzene rings is 2. The van der Waals surface area contributed by atoms with Crippen LogP contribution in [0.2, 0.25) is 0 Å². The van der Waals surface area contributed by atoms with E-state index in [-0.39, 0.29) is 17.0 Å². The molecular formula is C25H23N3O4. The molecule has 3 N–H and O–H groups in total. The van der Waals surface area contributed by atoms with Gasteiger partial charge in [0.15, 0.2) is 17.0 Å². The summed E-state index contributed by atoms with van der Waals surface area (Å²) in [7, 11) is 0. The van der Waals surface area contributed by atoms with Crippen molar-refractivity contribution in [2.24, 2.45) is 10.9 Å². The summed E-state index contributed by atoms with van der Waals surface area (Å²) >= 11 is 0. The van der Waals surface area contributed by atoms with Gasteiger partial charge in [-0.25, -0.2) is 4.98 Å². The Bertz CT molecular complexity index is 1380. The predicted molar refractivity (Wildman–Crippen MR) is 123 cm³/mol. The Morgan fingerprint density at radius 1 is 1.16 bits per heavy atom. The summed E-state index contributed by atoms with van der Waals surface area (Å²) < 4.78 is 12.5. The molecule has 0 spiro atoms. The van der Waals surface area contributed by atoms with Gasteiger partial charge in [0.25, 0.3) is 0 Å². The van der Waals surface area contributed by atoms with E-state index in [1.807, 2.05) is 56.3 Å². The van der Waals surface area contributed by atoms with Crippen molar-refractivity contribution in [2.45, 2.75) is 26.9 Å². The van der Waals surface area contributed by atoms with Gasteiger partial charge >= 0.3 is 0 Å². The van der Waals surface area contributed by atoms with Gasteiger partial charge in [0.2, 0.25) is 0 Å². The second-order valence-electron chi connectivity index (χ2n) is 7.58. The quantitative estimate of drug-likeness (QED) is 0.206. The normalized spacial score (nSPS) is 12.7. The fourth-order valence-corrected chi connectivity index (χ4v) is 3.71. The highest BCUT2D eigenvalue weighted by atomic mass is 16.5. The zero-order chi connectivity index (χ0) is 22.8. The van der Waals surface area contributed by atoms with Crippen molar-refractivity contribution in [3.8, 4) is 17.1 Å². The second-order valence-corrected chi connectivity index (χ2v) is 7.58. The van der Waals surface area contributed by atoms with Gasteiger partial charge in [-0.3, -0.25) is 4.79 Å². The fourth-order valence-electron chi connectivity index (χ4n) is 3.71. The number of nitrogens with two attached hydrogens (primary N) is 1. The first-order valence-corrected chi connectivity index (χ1v) is 10.1. The van der Waals surface area contributed by atoms with Gasteiger partial charge in [-0.2, -0.15) is 0 Å². The number of ether oxygens (including phenoxy) is 1. The maximum Gasteiger partial charge on any atom is 0.196 e. The SMILES string of the molecule is Cc1cc([C@@H](C)Oc2cccnc2C(N)=NO)c2oc(-c3ccccc3)c(C)c(=O)c2c1. The molecule has 32 heavy (non-hydrogen) atoms. The van der Waals surface area contributed by atoms with E-state index in [9.17, 15) is 4.79 Å². The molecule has 1 atom stereocenters. The number of nitrogens with zero attached hydrogens (tertiary/aromatic N) is 2. The topological polar surface area (TPSA) is 111 Å². The van der Waals surface area contributed by atoms with Crippen LogP contribution in [0, 0.1) is 13.8 Å². The molecular weight excluding hydrogens is 406 g/mol. The fraction of sp³-hybridized carbons (Fsp3) is 0.160. The van der Waals surface area contributed by atoms with Gasteiger partial charge in [-0.05, 0) is 50.6 Å². The molecule has 2 aromatic heterocycles. The number of rotatable bonds is 5. The Hall–Kier alpha value is -4.13. The number of pyridine rings is 1. The first-order chi connectivity index (χ1) is 15.4. The van der Waals surface area contributed by atoms with Crippen molar-refractivity contribution in [3.63, 3.8) is 0 Å². The summed E-state index contributed by atoms with van der Waals surface area (Å²) in [6.45, 7) is 5.54. The monoisotopic (exact) mass is 429 g/mol. The van der Waals surface area contributed by atoms with E-state index in [0.29, 0.717) is 33.6 Å². The van der Waals surface area contributed by atoms with E-state index in [1.165, 1.54) is 6.20 Å². The molecule has 0 amide bonds. The van der Waals surface area contributed by atoms with Gasteiger partial charge in [0, 0.05) is 22.9 Å². The molecule has 2 heterocycles. The van der Waals surface area contributed by atoms with Crippen molar-refractivity contribution >= 4 is 16.8 Å². The van der Waals surface area contributed by atoms with Crippen LogP contribution in [-0.2, 0) is 0 Å². The zero-order valence-electron chi connectivity index (χ0n) is 18.0. The summed E-state index contributed by atoms with van der Waals surface area (Å²) in [6.07, 6.45) is 1.02. The van der Waals surface area contributed by atoms with Crippen molar-refractivity contribution in [2.75, 3.05) is 0 Å². The van der Waals surface area contributed by atoms with Crippen LogP contribution >= 0.6 is 0 Å². The lowest BCUT2D eigenvalue weighted by Gasteiger charge is -2.19. The van der Waals surface area contributed by atoms with E-state index >= 15 is 0 Å². The molecule has 2 aromatic carbocycles. The van der Waals surface area contributed by atoms with Crippen LogP contribution in [0.4, 0.5) is 0 Å². The molecule has 0 unspecified atom stereocenters. The van der Waals surface area contributed by atoms with Crippen LogP contribution in [0.15, 0.2) is 75.2 Å². The molecule has 0 saturated carbocycles. The van der Waals surface area contributed by atoms with Crippen molar-refractivity contribution in [1.29, 1.82) is 0 Å². The lowest BCUT2D eigenvalue weighted by molar-refractivity contribution is 0.225. The average Bonchev–Trinajstić information content (AvgIpc) is 2.81. The van der Waals surface area contributed by atoms with Crippen LogP contribution < -0.4 is 15.9 Å². The number of oxime groups is 1. The second kappa shape index (κ2) is 8.55. The molecule has 0 aliphatic carbocycles. The highest BCUT2D eigenvalue weighted by Crippen LogP contribution is 2.33. The number of hydrogen-bond donors (Lipinski definition) is 2. The number of fused-ring (bicyclic) bond motifs is 1. The van der Waals surface area contributed by atoms with Gasteiger partial charge in [0.05, 0.1) is 5.39 Å². The Labute approximate surface area is 184 Å². The minimum Gasteiger partial charge on any atom is -0.483 e. The first-order valence-electron chi connectivity index (χ1n) is 10.1. The van der Waals surface area contributed by atoms with Crippen LogP contribution in [0.1, 0.15) is 35.4 Å². The van der Waals surface area contributed by atoms with E-state index in [0.717, 1.165) is 11.1 Å². The maximum atomic E-state index is 13.2. The Morgan fingerprint density at radius 2 is 1.91 bits per heavy atom. The van der Waals surface area contributed by atoms with E-state index in [4.69, 9.17) is 20.1 Å². The van der Waals surface area contributed by atoms with Crippen LogP contribution in [0.3, 0.4) is 0 Å². The van der Waals surface area contributed by atoms with Gasteiger partial charge < -0.3 is 20.1 Å². The van der Waals surface area contributed by atoms with Crippen LogP contribution in [0.25, 0.3) is 22.3 Å². The van der Waals surface area contributed by atoms with Gasteiger partial charge in [-0.15, -0.1) is 0 Å². The van der Waals surface area contributed by atoms with Crippen molar-refractivity contribution in [3.05, 3.63) is 93.4 Å². The smallest absolute Gasteiger partial charge is 0.196 e. The molecule has 0 fully saturated rings. The van der Waals surface area contributed by atoms with Crippen LogP contribution in [-0.4, -0.2) is 16.0 Å². The highest BCUT2D eigenvalue weighted by Gasteiger charge is 2.21. The number of amidine groups is 1. The Balaban J connectivity index is 1.88. The third-order valence-electron chi connectivity index (χ3n) is 5.29. The van der Waals surface area contributed by atoms with Gasteiger partial charge in [0.1, 0.15) is 23.2 Å². The summed E-state index contributed by atoms with van der Waals surface area (Å²) in [5, 5.41) is 12.6. The Morgan fingerprint density at radius 3 is 2.62 bits per heavy atom. The molecule has 7 heteroatoms. The van der Waals surface area contributed by atoms with Crippen LogP contribution in [0.5, 0.6) is 5.75 Å². The third-order valence-corrected chi connectivity index (χ3v) is 5.29. The molecule has 4 aromatic rings. The summed E-state index contributed by atoms with van der Waals surface area (Å²) in [4.78, 5) is 17.4. The first kappa shape index (κ1) is 21.1. The standard InChI is InChI=1S/C25H23N3O4/c1-14-12-18(16(3)31-20-10-7-11-27-21(20)25(26)28-30)24-19(13-14)22(29)15(2)23(32-24)17-8-5-4-6-9-17/h4-13,16,30H,1-3H3,(H2,26,28)/t16-/m1/s1. The maximum absolute atomic E-state index is 13.2. The molecule has 162 valence electrons. The number of aromatic nitrogens is 1. The molecule has 0 radical (unpaired) electrons.